The zero-order chi connectivity index (χ0) is 15.6. The maximum absolute atomic E-state index is 12.1. The van der Waals surface area contributed by atoms with Crippen LogP contribution in [0, 0.1) is 16.6 Å². The van der Waals surface area contributed by atoms with Crippen LogP contribution in [0.25, 0.3) is 0 Å². The van der Waals surface area contributed by atoms with Crippen LogP contribution in [0.1, 0.15) is 26.7 Å². The third kappa shape index (κ3) is 5.16. The van der Waals surface area contributed by atoms with Crippen LogP contribution in [-0.2, 0) is 19.1 Å². The highest BCUT2D eigenvalue weighted by Gasteiger charge is 2.47. The molecule has 0 atom stereocenters. The van der Waals surface area contributed by atoms with Gasteiger partial charge in [0.15, 0.2) is 5.41 Å². The topological polar surface area (TPSA) is 52.6 Å². The SMILES string of the molecule is COC(=O)C(CC#CSC)(CC=C=C(C)C)C(=O)OC. The fourth-order valence-corrected chi connectivity index (χ4v) is 1.76. The van der Waals surface area contributed by atoms with E-state index in [0.717, 1.165) is 5.57 Å². The average Bonchev–Trinajstić information content (AvgIpc) is 2.43. The second-order valence-electron chi connectivity index (χ2n) is 4.28. The second-order valence-corrected chi connectivity index (χ2v) is 4.89. The van der Waals surface area contributed by atoms with Crippen LogP contribution in [-0.4, -0.2) is 32.4 Å². The Hall–Kier alpha value is -1.63. The van der Waals surface area contributed by atoms with Crippen molar-refractivity contribution in [3.63, 3.8) is 0 Å². The molecule has 0 bridgehead atoms. The molecule has 0 aliphatic carbocycles. The Morgan fingerprint density at radius 3 is 2.15 bits per heavy atom. The Kier molecular flexibility index (Phi) is 8.54. The fourth-order valence-electron chi connectivity index (χ4n) is 1.55. The number of carbonyl (C=O) groups excluding carboxylic acids is 2. The normalized spacial score (nSPS) is 9.65. The maximum Gasteiger partial charge on any atom is 0.324 e. The molecular weight excluding hydrogens is 276 g/mol. The predicted octanol–water partition coefficient (Wildman–Crippen LogP) is 2.54. The summed E-state index contributed by atoms with van der Waals surface area (Å²) in [6.45, 7) is 3.75. The van der Waals surface area contributed by atoms with Gasteiger partial charge in [0.1, 0.15) is 0 Å². The van der Waals surface area contributed by atoms with Gasteiger partial charge in [0.2, 0.25) is 0 Å². The lowest BCUT2D eigenvalue weighted by atomic mass is 9.81. The van der Waals surface area contributed by atoms with Crippen LogP contribution in [0.2, 0.25) is 0 Å². The van der Waals surface area contributed by atoms with Gasteiger partial charge >= 0.3 is 11.9 Å². The van der Waals surface area contributed by atoms with Crippen molar-refractivity contribution in [1.29, 1.82) is 0 Å². The van der Waals surface area contributed by atoms with Gasteiger partial charge in [0, 0.05) is 12.8 Å². The lowest BCUT2D eigenvalue weighted by Crippen LogP contribution is -2.40. The second kappa shape index (κ2) is 9.30. The molecule has 0 aromatic heterocycles. The van der Waals surface area contributed by atoms with Crippen molar-refractivity contribution in [2.75, 3.05) is 20.5 Å². The van der Waals surface area contributed by atoms with Crippen molar-refractivity contribution in [1.82, 2.24) is 0 Å². The summed E-state index contributed by atoms with van der Waals surface area (Å²) in [5, 5.41) is 2.77. The van der Waals surface area contributed by atoms with E-state index >= 15 is 0 Å². The fraction of sp³-hybridized carbons (Fsp3) is 0.533. The molecule has 0 aromatic carbocycles. The first-order chi connectivity index (χ1) is 9.44. The lowest BCUT2D eigenvalue weighted by Gasteiger charge is -2.24. The molecule has 0 unspecified atom stereocenters. The van der Waals surface area contributed by atoms with Gasteiger partial charge in [0.05, 0.1) is 14.2 Å². The highest BCUT2D eigenvalue weighted by Crippen LogP contribution is 2.30. The Morgan fingerprint density at radius 2 is 1.75 bits per heavy atom. The van der Waals surface area contributed by atoms with Crippen LogP contribution >= 0.6 is 11.8 Å². The van der Waals surface area contributed by atoms with Crippen molar-refractivity contribution in [2.45, 2.75) is 26.7 Å². The smallest absolute Gasteiger partial charge is 0.324 e. The molecule has 0 N–H and O–H groups in total. The van der Waals surface area contributed by atoms with Gasteiger partial charge in [-0.15, -0.1) is 5.73 Å². The zero-order valence-electron chi connectivity index (χ0n) is 12.5. The summed E-state index contributed by atoms with van der Waals surface area (Å²) in [6.07, 6.45) is 3.65. The molecule has 0 saturated heterocycles. The summed E-state index contributed by atoms with van der Waals surface area (Å²) in [5.74, 6) is 1.51. The van der Waals surface area contributed by atoms with Crippen molar-refractivity contribution >= 4 is 23.7 Å². The van der Waals surface area contributed by atoms with Gasteiger partial charge in [-0.3, -0.25) is 9.59 Å². The van der Waals surface area contributed by atoms with E-state index < -0.39 is 17.4 Å². The minimum atomic E-state index is -1.44. The number of thioether (sulfide) groups is 1. The number of allylic oxidation sites excluding steroid dienone is 1. The molecule has 0 fully saturated rings. The Balaban J connectivity index is 5.59. The Morgan fingerprint density at radius 1 is 1.20 bits per heavy atom. The molecule has 0 heterocycles. The van der Waals surface area contributed by atoms with Gasteiger partial charge in [0.25, 0.3) is 0 Å². The van der Waals surface area contributed by atoms with E-state index in [2.05, 4.69) is 16.9 Å². The number of methoxy groups -OCH3 is 2. The van der Waals surface area contributed by atoms with Crippen LogP contribution < -0.4 is 0 Å². The average molecular weight is 296 g/mol. The third-order valence-electron chi connectivity index (χ3n) is 2.56. The highest BCUT2D eigenvalue weighted by molar-refractivity contribution is 8.03. The van der Waals surface area contributed by atoms with Crippen LogP contribution in [0.15, 0.2) is 17.4 Å². The summed E-state index contributed by atoms with van der Waals surface area (Å²) >= 11 is 1.31. The summed E-state index contributed by atoms with van der Waals surface area (Å²) in [7, 11) is 2.49. The van der Waals surface area contributed by atoms with Crippen LogP contribution in [0.3, 0.4) is 0 Å². The minimum absolute atomic E-state index is 0.0497. The van der Waals surface area contributed by atoms with Crippen molar-refractivity contribution in [3.8, 4) is 11.2 Å². The standard InChI is InChI=1S/C15H20O4S/c1-12(2)8-6-9-15(13(16)18-3,14(17)19-4)10-7-11-20-5/h6H,9-10H2,1-5H3. The summed E-state index contributed by atoms with van der Waals surface area (Å²) in [5.41, 5.74) is 2.48. The molecule has 0 rings (SSSR count). The maximum atomic E-state index is 12.1. The van der Waals surface area contributed by atoms with Crippen molar-refractivity contribution in [3.05, 3.63) is 17.4 Å². The number of hydrogen-bond acceptors (Lipinski definition) is 5. The molecule has 110 valence electrons. The quantitative estimate of drug-likeness (QED) is 0.338. The Bertz CT molecular complexity index is 456. The number of esters is 2. The molecule has 0 aromatic rings. The first-order valence-electron chi connectivity index (χ1n) is 6.00. The first-order valence-corrected chi connectivity index (χ1v) is 7.23. The minimum Gasteiger partial charge on any atom is -0.468 e. The van der Waals surface area contributed by atoms with E-state index in [9.17, 15) is 9.59 Å². The first kappa shape index (κ1) is 18.4. The van der Waals surface area contributed by atoms with E-state index in [1.165, 1.54) is 26.0 Å². The van der Waals surface area contributed by atoms with Crippen molar-refractivity contribution in [2.24, 2.45) is 5.41 Å². The summed E-state index contributed by atoms with van der Waals surface area (Å²) in [6, 6.07) is 0. The molecule has 0 spiro atoms. The summed E-state index contributed by atoms with van der Waals surface area (Å²) < 4.78 is 9.52. The molecule has 0 aliphatic heterocycles. The predicted molar refractivity (Wildman–Crippen MR) is 79.9 cm³/mol. The van der Waals surface area contributed by atoms with Gasteiger partial charge in [-0.05, 0) is 37.0 Å². The van der Waals surface area contributed by atoms with E-state index in [1.54, 1.807) is 6.08 Å². The van der Waals surface area contributed by atoms with E-state index in [4.69, 9.17) is 9.47 Å². The largest absolute Gasteiger partial charge is 0.468 e. The molecule has 4 nitrogen and oxygen atoms in total. The molecule has 0 amide bonds. The number of rotatable bonds is 5. The van der Waals surface area contributed by atoms with E-state index in [-0.39, 0.29) is 12.8 Å². The number of ether oxygens (including phenoxy) is 2. The molecule has 20 heavy (non-hydrogen) atoms. The molecular formula is C15H20O4S. The van der Waals surface area contributed by atoms with Crippen LogP contribution in [0.5, 0.6) is 0 Å². The molecule has 0 radical (unpaired) electrons. The van der Waals surface area contributed by atoms with E-state index in [0.29, 0.717) is 0 Å². The monoisotopic (exact) mass is 296 g/mol. The Labute approximate surface area is 124 Å². The molecule has 0 saturated carbocycles. The van der Waals surface area contributed by atoms with Gasteiger partial charge in [-0.1, -0.05) is 17.7 Å². The van der Waals surface area contributed by atoms with E-state index in [1.807, 2.05) is 20.1 Å². The van der Waals surface area contributed by atoms with Crippen LogP contribution in [0.4, 0.5) is 0 Å². The third-order valence-corrected chi connectivity index (χ3v) is 2.91. The van der Waals surface area contributed by atoms with Gasteiger partial charge in [-0.2, -0.15) is 0 Å². The van der Waals surface area contributed by atoms with Gasteiger partial charge in [-0.25, -0.2) is 0 Å². The molecule has 5 heteroatoms. The zero-order valence-corrected chi connectivity index (χ0v) is 13.3. The lowest BCUT2D eigenvalue weighted by molar-refractivity contribution is -0.168. The highest BCUT2D eigenvalue weighted by atomic mass is 32.2. The summed E-state index contributed by atoms with van der Waals surface area (Å²) in [4.78, 5) is 24.1. The van der Waals surface area contributed by atoms with Crippen molar-refractivity contribution < 1.29 is 19.1 Å². The number of hydrogen-bond donors (Lipinski definition) is 0. The molecule has 0 aliphatic rings. The number of carbonyl (C=O) groups is 2. The van der Waals surface area contributed by atoms with Gasteiger partial charge < -0.3 is 9.47 Å².